The summed E-state index contributed by atoms with van der Waals surface area (Å²) in [5, 5.41) is 0. The summed E-state index contributed by atoms with van der Waals surface area (Å²) in [6.07, 6.45) is 3.19. The van der Waals surface area contributed by atoms with Crippen molar-refractivity contribution >= 4 is 28.2 Å². The quantitative estimate of drug-likeness (QED) is 0.735. The molecule has 0 spiro atoms. The second-order valence-electron chi connectivity index (χ2n) is 4.88. The Bertz CT molecular complexity index is 764. The van der Waals surface area contributed by atoms with E-state index in [2.05, 4.69) is 20.6 Å². The standard InChI is InChI=1S/C16H16N4S/c17-15(21)11-16-19-13-6-1-2-7-14(13)20(16)10-8-12-5-3-4-9-18-12/h1-7,9H,8,10-11H2,(H2,17,21). The van der Waals surface area contributed by atoms with Crippen LogP contribution >= 0.6 is 12.2 Å². The monoisotopic (exact) mass is 296 g/mol. The van der Waals surface area contributed by atoms with Gasteiger partial charge in [-0.2, -0.15) is 0 Å². The number of nitrogens with two attached hydrogens (primary N) is 1. The van der Waals surface area contributed by atoms with E-state index in [-0.39, 0.29) is 0 Å². The molecule has 2 N–H and O–H groups in total. The summed E-state index contributed by atoms with van der Waals surface area (Å²) >= 11 is 5.03. The third-order valence-electron chi connectivity index (χ3n) is 3.38. The number of aromatic nitrogens is 3. The minimum absolute atomic E-state index is 0.462. The number of fused-ring (bicyclic) bond motifs is 1. The highest BCUT2D eigenvalue weighted by molar-refractivity contribution is 7.80. The van der Waals surface area contributed by atoms with Crippen molar-refractivity contribution in [3.05, 3.63) is 60.2 Å². The molecule has 21 heavy (non-hydrogen) atoms. The van der Waals surface area contributed by atoms with Crippen LogP contribution in [0.1, 0.15) is 11.5 Å². The van der Waals surface area contributed by atoms with E-state index in [4.69, 9.17) is 18.0 Å². The van der Waals surface area contributed by atoms with Gasteiger partial charge < -0.3 is 10.3 Å². The van der Waals surface area contributed by atoms with E-state index in [1.807, 2.05) is 42.6 Å². The molecule has 0 atom stereocenters. The van der Waals surface area contributed by atoms with Crippen LogP contribution < -0.4 is 5.73 Å². The lowest BCUT2D eigenvalue weighted by molar-refractivity contribution is 0.676. The number of imidazole rings is 1. The van der Waals surface area contributed by atoms with Crippen LogP contribution in [0.15, 0.2) is 48.7 Å². The molecule has 0 aliphatic rings. The number of rotatable bonds is 5. The predicted molar refractivity (Wildman–Crippen MR) is 88.2 cm³/mol. The maximum Gasteiger partial charge on any atom is 0.116 e. The lowest BCUT2D eigenvalue weighted by Gasteiger charge is -2.08. The molecule has 0 bridgehead atoms. The number of nitrogens with zero attached hydrogens (tertiary/aromatic N) is 3. The van der Waals surface area contributed by atoms with Crippen LogP contribution in [0.25, 0.3) is 11.0 Å². The van der Waals surface area contributed by atoms with Gasteiger partial charge in [0.15, 0.2) is 0 Å². The van der Waals surface area contributed by atoms with Crippen molar-refractivity contribution in [2.24, 2.45) is 5.73 Å². The minimum atomic E-state index is 0.462. The number of benzene rings is 1. The molecule has 0 amide bonds. The number of pyridine rings is 1. The molecular formula is C16H16N4S. The first kappa shape index (κ1) is 13.7. The van der Waals surface area contributed by atoms with E-state index in [0.717, 1.165) is 35.5 Å². The smallest absolute Gasteiger partial charge is 0.116 e. The molecule has 106 valence electrons. The molecule has 3 aromatic rings. The van der Waals surface area contributed by atoms with Crippen molar-refractivity contribution in [3.8, 4) is 0 Å². The normalized spacial score (nSPS) is 10.9. The average molecular weight is 296 g/mol. The van der Waals surface area contributed by atoms with Gasteiger partial charge >= 0.3 is 0 Å². The highest BCUT2D eigenvalue weighted by Crippen LogP contribution is 2.17. The second-order valence-corrected chi connectivity index (χ2v) is 5.41. The third-order valence-corrected chi connectivity index (χ3v) is 3.53. The summed E-state index contributed by atoms with van der Waals surface area (Å²) in [4.78, 5) is 9.47. The Morgan fingerprint density at radius 2 is 1.95 bits per heavy atom. The predicted octanol–water partition coefficient (Wildman–Crippen LogP) is 2.50. The molecule has 0 fully saturated rings. The van der Waals surface area contributed by atoms with Gasteiger partial charge in [-0.15, -0.1) is 0 Å². The Morgan fingerprint density at radius 1 is 1.14 bits per heavy atom. The lowest BCUT2D eigenvalue weighted by atomic mass is 10.2. The average Bonchev–Trinajstić information content (AvgIpc) is 2.82. The fraction of sp³-hybridized carbons (Fsp3) is 0.188. The van der Waals surface area contributed by atoms with E-state index in [1.165, 1.54) is 0 Å². The molecule has 0 unspecified atom stereocenters. The first-order valence-corrected chi connectivity index (χ1v) is 7.27. The molecule has 0 saturated heterocycles. The Labute approximate surface area is 128 Å². The molecular weight excluding hydrogens is 280 g/mol. The molecule has 4 nitrogen and oxygen atoms in total. The van der Waals surface area contributed by atoms with Crippen molar-refractivity contribution in [3.63, 3.8) is 0 Å². The largest absolute Gasteiger partial charge is 0.393 e. The topological polar surface area (TPSA) is 56.7 Å². The van der Waals surface area contributed by atoms with Crippen LogP contribution in [-0.2, 0) is 19.4 Å². The highest BCUT2D eigenvalue weighted by Gasteiger charge is 2.11. The van der Waals surface area contributed by atoms with Gasteiger partial charge in [-0.05, 0) is 24.3 Å². The molecule has 2 heterocycles. The molecule has 2 aromatic heterocycles. The minimum Gasteiger partial charge on any atom is -0.393 e. The number of thiocarbonyl (C=S) groups is 1. The van der Waals surface area contributed by atoms with Crippen molar-refractivity contribution < 1.29 is 0 Å². The van der Waals surface area contributed by atoms with Gasteiger partial charge in [0.1, 0.15) is 5.82 Å². The first-order valence-electron chi connectivity index (χ1n) is 6.86. The van der Waals surface area contributed by atoms with Crippen LogP contribution in [-0.4, -0.2) is 19.5 Å². The summed E-state index contributed by atoms with van der Waals surface area (Å²) in [6, 6.07) is 14.1. The Balaban J connectivity index is 1.93. The molecule has 5 heteroatoms. The maximum atomic E-state index is 5.69. The zero-order valence-electron chi connectivity index (χ0n) is 11.6. The van der Waals surface area contributed by atoms with Gasteiger partial charge in [-0.1, -0.05) is 30.4 Å². The summed E-state index contributed by atoms with van der Waals surface area (Å²) in [5.74, 6) is 0.916. The molecule has 0 radical (unpaired) electrons. The van der Waals surface area contributed by atoms with Crippen LogP contribution in [0.3, 0.4) is 0 Å². The molecule has 1 aromatic carbocycles. The van der Waals surface area contributed by atoms with Gasteiger partial charge in [-0.25, -0.2) is 4.98 Å². The van der Waals surface area contributed by atoms with E-state index in [9.17, 15) is 0 Å². The summed E-state index contributed by atoms with van der Waals surface area (Å²) in [7, 11) is 0. The Kier molecular flexibility index (Phi) is 3.92. The van der Waals surface area contributed by atoms with E-state index in [0.29, 0.717) is 11.4 Å². The van der Waals surface area contributed by atoms with E-state index >= 15 is 0 Å². The summed E-state index contributed by atoms with van der Waals surface area (Å²) in [5.41, 5.74) is 8.84. The van der Waals surface area contributed by atoms with Crippen LogP contribution in [0, 0.1) is 0 Å². The fourth-order valence-corrected chi connectivity index (χ4v) is 2.57. The number of para-hydroxylation sites is 2. The second kappa shape index (κ2) is 6.01. The zero-order chi connectivity index (χ0) is 14.7. The van der Waals surface area contributed by atoms with E-state index in [1.54, 1.807) is 0 Å². The van der Waals surface area contributed by atoms with Crippen molar-refractivity contribution in [2.75, 3.05) is 0 Å². The summed E-state index contributed by atoms with van der Waals surface area (Å²) in [6.45, 7) is 0.815. The number of aryl methyl sites for hydroxylation is 2. The molecule has 0 aliphatic heterocycles. The van der Waals surface area contributed by atoms with Gasteiger partial charge in [0.05, 0.1) is 22.4 Å². The van der Waals surface area contributed by atoms with Gasteiger partial charge in [0.2, 0.25) is 0 Å². The van der Waals surface area contributed by atoms with Crippen LogP contribution in [0.4, 0.5) is 0 Å². The van der Waals surface area contributed by atoms with Crippen LogP contribution in [0.5, 0.6) is 0 Å². The van der Waals surface area contributed by atoms with Crippen molar-refractivity contribution in [1.82, 2.24) is 14.5 Å². The fourth-order valence-electron chi connectivity index (χ4n) is 2.44. The highest BCUT2D eigenvalue weighted by atomic mass is 32.1. The van der Waals surface area contributed by atoms with Crippen LogP contribution in [0.2, 0.25) is 0 Å². The molecule has 3 rings (SSSR count). The van der Waals surface area contributed by atoms with Crippen molar-refractivity contribution in [1.29, 1.82) is 0 Å². The van der Waals surface area contributed by atoms with E-state index < -0.39 is 0 Å². The van der Waals surface area contributed by atoms with Gasteiger partial charge in [-0.3, -0.25) is 4.98 Å². The molecule has 0 aliphatic carbocycles. The SMILES string of the molecule is NC(=S)Cc1nc2ccccc2n1CCc1ccccn1. The number of hydrogen-bond acceptors (Lipinski definition) is 3. The third kappa shape index (κ3) is 3.08. The molecule has 0 saturated carbocycles. The maximum absolute atomic E-state index is 5.69. The summed E-state index contributed by atoms with van der Waals surface area (Å²) < 4.78 is 2.18. The first-order chi connectivity index (χ1) is 10.2. The van der Waals surface area contributed by atoms with Gasteiger partial charge in [0, 0.05) is 24.9 Å². The Morgan fingerprint density at radius 3 is 2.71 bits per heavy atom. The zero-order valence-corrected chi connectivity index (χ0v) is 12.4. The lowest BCUT2D eigenvalue weighted by Crippen LogP contribution is -2.16. The number of hydrogen-bond donors (Lipinski definition) is 1. The van der Waals surface area contributed by atoms with Gasteiger partial charge in [0.25, 0.3) is 0 Å². The Hall–Kier alpha value is -2.27. The van der Waals surface area contributed by atoms with Crippen molar-refractivity contribution in [2.45, 2.75) is 19.4 Å².